The van der Waals surface area contributed by atoms with E-state index in [1.54, 1.807) is 0 Å². The third-order valence-corrected chi connectivity index (χ3v) is 3.08. The van der Waals surface area contributed by atoms with Crippen molar-refractivity contribution in [3.8, 4) is 0 Å². The van der Waals surface area contributed by atoms with E-state index in [0.29, 0.717) is 6.61 Å². The molecule has 1 atom stereocenters. The van der Waals surface area contributed by atoms with Crippen LogP contribution in [0.5, 0.6) is 0 Å². The number of hydrogen-bond donors (Lipinski definition) is 0. The molecule has 0 saturated carbocycles. The minimum Gasteiger partial charge on any atom is -0.370 e. The zero-order valence-corrected chi connectivity index (χ0v) is 11.2. The highest BCUT2D eigenvalue weighted by atomic mass is 16.5. The molecule has 1 rings (SSSR count). The van der Waals surface area contributed by atoms with Crippen molar-refractivity contribution < 1.29 is 9.53 Å². The van der Waals surface area contributed by atoms with E-state index in [2.05, 4.69) is 6.92 Å². The molecule has 1 unspecified atom stereocenters. The van der Waals surface area contributed by atoms with Crippen LogP contribution in [0, 0.1) is 13.8 Å². The van der Waals surface area contributed by atoms with Crippen molar-refractivity contribution in [3.63, 3.8) is 0 Å². The molecule has 0 aliphatic carbocycles. The Morgan fingerprint density at radius 2 is 2.00 bits per heavy atom. The molecule has 0 N–H and O–H groups in total. The van der Waals surface area contributed by atoms with Crippen LogP contribution in [0.1, 0.15) is 48.2 Å². The van der Waals surface area contributed by atoms with Crippen LogP contribution in [0.4, 0.5) is 0 Å². The summed E-state index contributed by atoms with van der Waals surface area (Å²) in [5, 5.41) is 0. The molecule has 0 amide bonds. The smallest absolute Gasteiger partial charge is 0.191 e. The molecule has 2 nitrogen and oxygen atoms in total. The monoisotopic (exact) mass is 234 g/mol. The summed E-state index contributed by atoms with van der Waals surface area (Å²) in [5.41, 5.74) is 3.03. The number of carbonyl (C=O) groups is 1. The van der Waals surface area contributed by atoms with Crippen LogP contribution < -0.4 is 0 Å². The van der Waals surface area contributed by atoms with E-state index in [-0.39, 0.29) is 11.9 Å². The first-order chi connectivity index (χ1) is 8.11. The summed E-state index contributed by atoms with van der Waals surface area (Å²) in [7, 11) is 0. The van der Waals surface area contributed by atoms with Crippen LogP contribution in [0.3, 0.4) is 0 Å². The molecule has 0 saturated heterocycles. The number of ether oxygens (including phenoxy) is 1. The van der Waals surface area contributed by atoms with Gasteiger partial charge in [0.25, 0.3) is 0 Å². The maximum atomic E-state index is 12.4. The van der Waals surface area contributed by atoms with Gasteiger partial charge in [-0.2, -0.15) is 0 Å². The maximum absolute atomic E-state index is 12.4. The number of carbonyl (C=O) groups excluding carboxylic acids is 1. The summed E-state index contributed by atoms with van der Waals surface area (Å²) in [5.74, 6) is 0.120. The molecular weight excluding hydrogens is 212 g/mol. The molecule has 2 heteroatoms. The average Bonchev–Trinajstić information content (AvgIpc) is 2.31. The Bertz CT molecular complexity index is 377. The molecule has 0 fully saturated rings. The van der Waals surface area contributed by atoms with Gasteiger partial charge < -0.3 is 4.74 Å². The van der Waals surface area contributed by atoms with Crippen LogP contribution in [0.2, 0.25) is 0 Å². The molecule has 1 aromatic carbocycles. The van der Waals surface area contributed by atoms with Gasteiger partial charge in [-0.05, 0) is 38.3 Å². The number of ketones is 1. The van der Waals surface area contributed by atoms with Crippen LogP contribution >= 0.6 is 0 Å². The zero-order valence-electron chi connectivity index (χ0n) is 11.2. The molecule has 0 aromatic heterocycles. The molecule has 0 bridgehead atoms. The molecular formula is C15H22O2. The number of benzene rings is 1. The fourth-order valence-electron chi connectivity index (χ4n) is 1.94. The lowest BCUT2D eigenvalue weighted by Gasteiger charge is -2.17. The summed E-state index contributed by atoms with van der Waals surface area (Å²) in [6.07, 6.45) is 1.46. The SMILES string of the molecule is CCCC(OCC)C(=O)c1cccc(C)c1C. The first kappa shape index (κ1) is 13.9. The Morgan fingerprint density at radius 3 is 2.59 bits per heavy atom. The number of aryl methyl sites for hydroxylation is 1. The van der Waals surface area contributed by atoms with Gasteiger partial charge in [-0.25, -0.2) is 0 Å². The van der Waals surface area contributed by atoms with E-state index in [1.165, 1.54) is 0 Å². The number of Topliss-reactive ketones (excluding diaryl/α,β-unsaturated/α-hetero) is 1. The quantitative estimate of drug-likeness (QED) is 0.702. The highest BCUT2D eigenvalue weighted by Gasteiger charge is 2.21. The van der Waals surface area contributed by atoms with E-state index >= 15 is 0 Å². The number of hydrogen-bond acceptors (Lipinski definition) is 2. The largest absolute Gasteiger partial charge is 0.370 e. The molecule has 94 valence electrons. The van der Waals surface area contributed by atoms with Crippen LogP contribution in [0.25, 0.3) is 0 Å². The molecule has 0 aliphatic heterocycles. The van der Waals surface area contributed by atoms with Gasteiger partial charge in [0.15, 0.2) is 5.78 Å². The summed E-state index contributed by atoms with van der Waals surface area (Å²) in [6.45, 7) is 8.61. The predicted molar refractivity (Wildman–Crippen MR) is 70.6 cm³/mol. The highest BCUT2D eigenvalue weighted by molar-refractivity contribution is 6.00. The fourth-order valence-corrected chi connectivity index (χ4v) is 1.94. The van der Waals surface area contributed by atoms with Crippen molar-refractivity contribution in [1.82, 2.24) is 0 Å². The lowest BCUT2D eigenvalue weighted by Crippen LogP contribution is -2.25. The Kier molecular flexibility index (Phi) is 5.36. The van der Waals surface area contributed by atoms with Gasteiger partial charge in [0.05, 0.1) is 0 Å². The second-order valence-corrected chi connectivity index (χ2v) is 4.34. The lowest BCUT2D eigenvalue weighted by atomic mass is 9.96. The summed E-state index contributed by atoms with van der Waals surface area (Å²) in [4.78, 5) is 12.4. The molecule has 0 spiro atoms. The van der Waals surface area contributed by atoms with Gasteiger partial charge in [-0.1, -0.05) is 31.5 Å². The van der Waals surface area contributed by atoms with Gasteiger partial charge in [-0.15, -0.1) is 0 Å². The second-order valence-electron chi connectivity index (χ2n) is 4.34. The van der Waals surface area contributed by atoms with E-state index in [1.807, 2.05) is 39.0 Å². The lowest BCUT2D eigenvalue weighted by molar-refractivity contribution is 0.0422. The maximum Gasteiger partial charge on any atom is 0.191 e. The molecule has 0 heterocycles. The van der Waals surface area contributed by atoms with Crippen molar-refractivity contribution in [3.05, 3.63) is 34.9 Å². The van der Waals surface area contributed by atoms with Crippen molar-refractivity contribution >= 4 is 5.78 Å². The van der Waals surface area contributed by atoms with Crippen LogP contribution in [0.15, 0.2) is 18.2 Å². The minimum absolute atomic E-state index is 0.120. The summed E-state index contributed by atoms with van der Waals surface area (Å²) >= 11 is 0. The predicted octanol–water partition coefficient (Wildman–Crippen LogP) is 3.69. The van der Waals surface area contributed by atoms with Crippen molar-refractivity contribution in [2.45, 2.75) is 46.6 Å². The third-order valence-electron chi connectivity index (χ3n) is 3.08. The topological polar surface area (TPSA) is 26.3 Å². The summed E-state index contributed by atoms with van der Waals surface area (Å²) in [6, 6.07) is 5.86. The van der Waals surface area contributed by atoms with Gasteiger partial charge in [-0.3, -0.25) is 4.79 Å². The van der Waals surface area contributed by atoms with E-state index < -0.39 is 0 Å². The van der Waals surface area contributed by atoms with Crippen LogP contribution in [-0.4, -0.2) is 18.5 Å². The van der Waals surface area contributed by atoms with Gasteiger partial charge >= 0.3 is 0 Å². The Morgan fingerprint density at radius 1 is 1.29 bits per heavy atom. The Hall–Kier alpha value is -1.15. The molecule has 1 aromatic rings. The Balaban J connectivity index is 2.96. The third kappa shape index (κ3) is 3.40. The standard InChI is InChI=1S/C15H22O2/c1-5-8-14(17-6-2)15(16)13-10-7-9-11(3)12(13)4/h7,9-10,14H,5-6,8H2,1-4H3. The van der Waals surface area contributed by atoms with Gasteiger partial charge in [0.2, 0.25) is 0 Å². The van der Waals surface area contributed by atoms with Gasteiger partial charge in [0, 0.05) is 12.2 Å². The van der Waals surface area contributed by atoms with Crippen LogP contribution in [-0.2, 0) is 4.74 Å². The number of rotatable bonds is 6. The van der Waals surface area contributed by atoms with Crippen molar-refractivity contribution in [1.29, 1.82) is 0 Å². The fraction of sp³-hybridized carbons (Fsp3) is 0.533. The molecule has 17 heavy (non-hydrogen) atoms. The summed E-state index contributed by atoms with van der Waals surface area (Å²) < 4.78 is 5.54. The van der Waals surface area contributed by atoms with E-state index in [9.17, 15) is 4.79 Å². The van der Waals surface area contributed by atoms with Crippen molar-refractivity contribution in [2.24, 2.45) is 0 Å². The highest BCUT2D eigenvalue weighted by Crippen LogP contribution is 2.17. The first-order valence-corrected chi connectivity index (χ1v) is 6.33. The van der Waals surface area contributed by atoms with E-state index in [4.69, 9.17) is 4.74 Å². The van der Waals surface area contributed by atoms with Crippen molar-refractivity contribution in [2.75, 3.05) is 6.61 Å². The first-order valence-electron chi connectivity index (χ1n) is 6.33. The zero-order chi connectivity index (χ0) is 12.8. The van der Waals surface area contributed by atoms with E-state index in [0.717, 1.165) is 29.5 Å². The average molecular weight is 234 g/mol. The molecule has 0 aliphatic rings. The second kappa shape index (κ2) is 6.55. The molecule has 0 radical (unpaired) electrons. The van der Waals surface area contributed by atoms with Gasteiger partial charge in [0.1, 0.15) is 6.10 Å². The minimum atomic E-state index is -0.287. The normalized spacial score (nSPS) is 12.5. The Labute approximate surface area is 104 Å².